The topological polar surface area (TPSA) is 219 Å². The van der Waals surface area contributed by atoms with Gasteiger partial charge in [-0.25, -0.2) is 18.0 Å². The summed E-state index contributed by atoms with van der Waals surface area (Å²) < 4.78 is 44.8. The zero-order chi connectivity index (χ0) is 42.4. The smallest absolute Gasteiger partial charge is 0.410 e. The number of carbonyl (C=O) groups excluding carboxylic acids is 6. The first-order chi connectivity index (χ1) is 27.1. The van der Waals surface area contributed by atoms with Crippen molar-refractivity contribution in [3.8, 4) is 0 Å². The average molecular weight is 827 g/mol. The van der Waals surface area contributed by atoms with Gasteiger partial charge in [-0.3, -0.25) is 28.8 Å². The molecule has 2 aliphatic carbocycles. The summed E-state index contributed by atoms with van der Waals surface area (Å²) in [4.78, 5) is 86.0. The number of ether oxygens (including phenoxy) is 3. The van der Waals surface area contributed by atoms with Crippen molar-refractivity contribution < 1.29 is 51.4 Å². The molecule has 1 aromatic rings. The Bertz CT molecular complexity index is 2000. The maximum atomic E-state index is 14.7. The number of amides is 6. The maximum absolute atomic E-state index is 14.7. The van der Waals surface area contributed by atoms with Gasteiger partial charge >= 0.3 is 12.2 Å². The summed E-state index contributed by atoms with van der Waals surface area (Å²) in [6.07, 6.45) is 3.31. The quantitative estimate of drug-likeness (QED) is 0.292. The van der Waals surface area contributed by atoms with Crippen molar-refractivity contribution in [2.24, 2.45) is 11.3 Å². The molecule has 6 amide bonds. The molecule has 18 heteroatoms. The Labute approximate surface area is 338 Å². The normalized spacial score (nSPS) is 28.0. The Morgan fingerprint density at radius 2 is 1.79 bits per heavy atom. The fraction of sp³-hybridized carbons (Fsp3) is 0.600. The molecule has 0 aromatic heterocycles. The number of benzene rings is 1. The van der Waals surface area contributed by atoms with Crippen molar-refractivity contribution >= 4 is 51.9 Å². The highest BCUT2D eigenvalue weighted by Crippen LogP contribution is 2.45. The minimum atomic E-state index is -3.96. The summed E-state index contributed by atoms with van der Waals surface area (Å²) in [5.41, 5.74) is -0.827. The van der Waals surface area contributed by atoms with Crippen LogP contribution in [0.25, 0.3) is 6.08 Å². The molecule has 58 heavy (non-hydrogen) atoms. The third-order valence-electron chi connectivity index (χ3n) is 10.8. The second-order valence-electron chi connectivity index (χ2n) is 17.7. The summed E-state index contributed by atoms with van der Waals surface area (Å²) in [6, 6.07) is 1.77. The Morgan fingerprint density at radius 3 is 2.43 bits per heavy atom. The number of alkyl carbamates (subject to hydrolysis) is 1. The van der Waals surface area contributed by atoms with Crippen molar-refractivity contribution in [3.63, 3.8) is 0 Å². The Balaban J connectivity index is 1.32. The maximum Gasteiger partial charge on any atom is 0.410 e. The third kappa shape index (κ3) is 9.49. The first-order valence-corrected chi connectivity index (χ1v) is 21.1. The van der Waals surface area contributed by atoms with Crippen molar-refractivity contribution in [1.82, 2.24) is 30.5 Å². The van der Waals surface area contributed by atoms with E-state index in [9.17, 15) is 37.2 Å². The zero-order valence-corrected chi connectivity index (χ0v) is 34.6. The first-order valence-electron chi connectivity index (χ1n) is 19.5. The van der Waals surface area contributed by atoms with Gasteiger partial charge in [0, 0.05) is 18.9 Å². The number of nitrogens with one attached hydrogen (secondary N) is 4. The van der Waals surface area contributed by atoms with Crippen LogP contribution in [0.1, 0.15) is 83.9 Å². The molecule has 17 nitrogen and oxygen atoms in total. The van der Waals surface area contributed by atoms with E-state index >= 15 is 0 Å². The fourth-order valence-corrected chi connectivity index (χ4v) is 8.83. The second kappa shape index (κ2) is 16.0. The second-order valence-corrected chi connectivity index (χ2v) is 19.7. The molecule has 0 radical (unpaired) electrons. The van der Waals surface area contributed by atoms with E-state index in [1.807, 2.05) is 24.3 Å². The van der Waals surface area contributed by atoms with Crippen LogP contribution in [0.3, 0.4) is 0 Å². The monoisotopic (exact) mass is 826 g/mol. The number of fused-ring (bicyclic) bond motifs is 3. The van der Waals surface area contributed by atoms with Crippen molar-refractivity contribution in [1.29, 1.82) is 0 Å². The Kier molecular flexibility index (Phi) is 11.8. The third-order valence-corrected chi connectivity index (χ3v) is 12.7. The summed E-state index contributed by atoms with van der Waals surface area (Å²) in [6.45, 7) is 14.0. The van der Waals surface area contributed by atoms with Gasteiger partial charge in [0.15, 0.2) is 0 Å². The van der Waals surface area contributed by atoms with E-state index in [0.717, 1.165) is 16.7 Å². The van der Waals surface area contributed by atoms with Gasteiger partial charge in [-0.15, -0.1) is 6.58 Å². The predicted molar refractivity (Wildman–Crippen MR) is 210 cm³/mol. The van der Waals surface area contributed by atoms with Gasteiger partial charge < -0.3 is 35.1 Å². The number of carbonyl (C=O) groups is 6. The Hall–Kier alpha value is -4.97. The average Bonchev–Trinajstić information content (AvgIpc) is 4.01. The minimum Gasteiger partial charge on any atom is -0.444 e. The molecule has 1 aromatic carbocycles. The lowest BCUT2D eigenvalue weighted by molar-refractivity contribution is -0.145. The van der Waals surface area contributed by atoms with Crippen molar-refractivity contribution in [3.05, 3.63) is 53.6 Å². The van der Waals surface area contributed by atoms with E-state index in [0.29, 0.717) is 12.8 Å². The van der Waals surface area contributed by atoms with Crippen LogP contribution in [0.5, 0.6) is 0 Å². The van der Waals surface area contributed by atoms with E-state index in [1.54, 1.807) is 47.6 Å². The van der Waals surface area contributed by atoms with Gasteiger partial charge in [0.1, 0.15) is 35.4 Å². The molecule has 3 aliphatic heterocycles. The predicted octanol–water partition coefficient (Wildman–Crippen LogP) is 2.25. The summed E-state index contributed by atoms with van der Waals surface area (Å²) in [5.74, 6) is -3.73. The molecule has 316 valence electrons. The zero-order valence-electron chi connectivity index (χ0n) is 33.8. The van der Waals surface area contributed by atoms with E-state index in [1.165, 1.54) is 15.9 Å². The molecule has 5 aliphatic rings. The van der Waals surface area contributed by atoms with Crippen LogP contribution in [0.15, 0.2) is 36.9 Å². The lowest BCUT2D eigenvalue weighted by Gasteiger charge is -2.36. The lowest BCUT2D eigenvalue weighted by Crippen LogP contribution is -2.62. The van der Waals surface area contributed by atoms with Gasteiger partial charge in [-0.05, 0) is 62.1 Å². The number of rotatable bonds is 7. The van der Waals surface area contributed by atoms with Crippen LogP contribution < -0.4 is 20.7 Å². The van der Waals surface area contributed by atoms with E-state index in [-0.39, 0.29) is 45.7 Å². The number of sulfonamides is 1. The molecule has 1 saturated heterocycles. The lowest BCUT2D eigenvalue weighted by atomic mass is 9.85. The van der Waals surface area contributed by atoms with Crippen LogP contribution >= 0.6 is 0 Å². The first kappa shape index (κ1) is 42.6. The number of hydrogen-bond acceptors (Lipinski definition) is 11. The number of hydrogen-bond donors (Lipinski definition) is 4. The number of nitrogens with zero attached hydrogens (tertiary/aromatic N) is 2. The van der Waals surface area contributed by atoms with E-state index in [2.05, 4.69) is 27.3 Å². The van der Waals surface area contributed by atoms with Crippen LogP contribution in [-0.2, 0) is 56.5 Å². The minimum absolute atomic E-state index is 0.0574. The standard InChI is InChI=1S/C40H54N6O11S/c1-8-25-18-40(25,35(50)44-58(53,54)27-14-15-27)43-33(48)30-17-26-20-46(30)34(49)31(38(2,3)4)42-32(47)29(41-36(51)57-39(5,6)7)22-55-16-10-13-23-11-9-12-24-19-45(21-28(23)24)37(52)56-26/h8-13,25-27,29-31H,1,14-22H2,2-7H3,(H,41,51)(H,42,47)(H,43,48)(H,44,50). The van der Waals surface area contributed by atoms with Crippen LogP contribution in [0, 0.1) is 11.3 Å². The molecule has 0 spiro atoms. The summed E-state index contributed by atoms with van der Waals surface area (Å²) in [5, 5.41) is 7.36. The Morgan fingerprint density at radius 1 is 1.07 bits per heavy atom. The summed E-state index contributed by atoms with van der Waals surface area (Å²) in [7, 11) is -3.96. The molecule has 2 saturated carbocycles. The molecule has 6 rings (SSSR count). The van der Waals surface area contributed by atoms with Crippen molar-refractivity contribution in [2.45, 2.75) is 121 Å². The van der Waals surface area contributed by atoms with E-state index < -0.39 is 97.8 Å². The van der Waals surface area contributed by atoms with Gasteiger partial charge in [-0.1, -0.05) is 57.2 Å². The fourth-order valence-electron chi connectivity index (χ4n) is 7.46. The van der Waals surface area contributed by atoms with Gasteiger partial charge in [-0.2, -0.15) is 0 Å². The largest absolute Gasteiger partial charge is 0.444 e. The van der Waals surface area contributed by atoms with Crippen LogP contribution in [-0.4, -0.2) is 114 Å². The highest BCUT2D eigenvalue weighted by Gasteiger charge is 2.62. The summed E-state index contributed by atoms with van der Waals surface area (Å²) >= 11 is 0. The van der Waals surface area contributed by atoms with Gasteiger partial charge in [0.25, 0.3) is 5.91 Å². The molecule has 4 bridgehead atoms. The molecule has 4 N–H and O–H groups in total. The molecule has 3 heterocycles. The molecule has 6 unspecified atom stereocenters. The molecule has 6 atom stereocenters. The van der Waals surface area contributed by atoms with Crippen LogP contribution in [0.2, 0.25) is 0 Å². The van der Waals surface area contributed by atoms with Crippen LogP contribution in [0.4, 0.5) is 9.59 Å². The molecule has 3 fully saturated rings. The molecular formula is C40H54N6O11S. The SMILES string of the molecule is C=CC1CC1(NC(=O)C1CC2CN1C(=O)C(C(C)(C)C)NC(=O)C(NC(=O)OC(C)(C)C)COCC=Cc1cccc3c1CN(C3)C(=O)O2)C(=O)NS(=O)(=O)C1CC1. The highest BCUT2D eigenvalue weighted by atomic mass is 32.2. The van der Waals surface area contributed by atoms with Gasteiger partial charge in [0.2, 0.25) is 27.7 Å². The molecular weight excluding hydrogens is 773 g/mol. The highest BCUT2D eigenvalue weighted by molar-refractivity contribution is 7.91. The van der Waals surface area contributed by atoms with Gasteiger partial charge in [0.05, 0.1) is 31.6 Å². The van der Waals surface area contributed by atoms with Crippen molar-refractivity contribution in [2.75, 3.05) is 19.8 Å². The van der Waals surface area contributed by atoms with E-state index in [4.69, 9.17) is 14.2 Å².